The van der Waals surface area contributed by atoms with Gasteiger partial charge in [-0.05, 0) is 26.0 Å². The number of furan rings is 1. The fourth-order valence-corrected chi connectivity index (χ4v) is 1.87. The van der Waals surface area contributed by atoms with Crippen LogP contribution in [0.3, 0.4) is 0 Å². The van der Waals surface area contributed by atoms with Crippen LogP contribution in [0.25, 0.3) is 0 Å². The van der Waals surface area contributed by atoms with Gasteiger partial charge in [0.2, 0.25) is 0 Å². The van der Waals surface area contributed by atoms with Crippen LogP contribution in [-0.4, -0.2) is 38.9 Å². The van der Waals surface area contributed by atoms with Crippen LogP contribution in [0.4, 0.5) is 0 Å². The summed E-state index contributed by atoms with van der Waals surface area (Å²) in [5, 5.41) is 24.4. The molecule has 0 radical (unpaired) electrons. The number of nitrogens with one attached hydrogen (secondary N) is 2. The maximum Gasteiger partial charge on any atom is 0.191 e. The van der Waals surface area contributed by atoms with E-state index < -0.39 is 5.60 Å². The van der Waals surface area contributed by atoms with E-state index in [1.807, 2.05) is 18.5 Å². The van der Waals surface area contributed by atoms with E-state index >= 15 is 0 Å². The molecule has 0 spiro atoms. The van der Waals surface area contributed by atoms with Gasteiger partial charge in [-0.15, -0.1) is 10.2 Å². The Labute approximate surface area is 129 Å². The number of aromatic nitrogens is 3. The third kappa shape index (κ3) is 4.08. The second-order valence-corrected chi connectivity index (χ2v) is 5.16. The fraction of sp³-hybridized carbons (Fsp3) is 0.500. The molecule has 2 aromatic heterocycles. The van der Waals surface area contributed by atoms with Gasteiger partial charge < -0.3 is 24.7 Å². The van der Waals surface area contributed by atoms with Crippen molar-refractivity contribution in [3.8, 4) is 0 Å². The van der Waals surface area contributed by atoms with Gasteiger partial charge in [-0.1, -0.05) is 0 Å². The first-order chi connectivity index (χ1) is 10.5. The first kappa shape index (κ1) is 16.0. The number of rotatable bonds is 6. The maximum atomic E-state index is 10.4. The predicted octanol–water partition coefficient (Wildman–Crippen LogP) is 0.371. The minimum absolute atomic E-state index is 0.269. The van der Waals surface area contributed by atoms with Gasteiger partial charge in [0.15, 0.2) is 11.8 Å². The molecule has 0 fully saturated rings. The molecule has 0 amide bonds. The number of hydrogen-bond donors (Lipinski definition) is 3. The molecular formula is C14H22N6O2. The summed E-state index contributed by atoms with van der Waals surface area (Å²) < 4.78 is 7.06. The molecule has 2 heterocycles. The molecule has 0 saturated heterocycles. The van der Waals surface area contributed by atoms with Gasteiger partial charge in [-0.2, -0.15) is 0 Å². The number of aryl methyl sites for hydroxylation is 1. The van der Waals surface area contributed by atoms with Crippen LogP contribution in [0.15, 0.2) is 34.1 Å². The van der Waals surface area contributed by atoms with Gasteiger partial charge in [-0.25, -0.2) is 4.99 Å². The van der Waals surface area contributed by atoms with Gasteiger partial charge in [-0.3, -0.25) is 0 Å². The van der Waals surface area contributed by atoms with E-state index in [0.717, 1.165) is 5.82 Å². The Balaban J connectivity index is 1.98. The summed E-state index contributed by atoms with van der Waals surface area (Å²) in [6.45, 7) is 5.04. The molecular weight excluding hydrogens is 284 g/mol. The molecule has 2 rings (SSSR count). The lowest BCUT2D eigenvalue weighted by atomic mass is 10.0. The van der Waals surface area contributed by atoms with Crippen molar-refractivity contribution in [3.63, 3.8) is 0 Å². The summed E-state index contributed by atoms with van der Waals surface area (Å²) in [4.78, 5) is 4.43. The zero-order valence-electron chi connectivity index (χ0n) is 13.1. The minimum Gasteiger partial charge on any atom is -0.466 e. The van der Waals surface area contributed by atoms with Gasteiger partial charge in [0.1, 0.15) is 24.2 Å². The lowest BCUT2D eigenvalue weighted by Crippen LogP contribution is -2.44. The van der Waals surface area contributed by atoms with E-state index in [9.17, 15) is 5.11 Å². The van der Waals surface area contributed by atoms with Gasteiger partial charge >= 0.3 is 0 Å². The number of aliphatic imine (C=N–C) groups is 1. The fourth-order valence-electron chi connectivity index (χ4n) is 1.87. The summed E-state index contributed by atoms with van der Waals surface area (Å²) in [6.07, 6.45) is 3.17. The second kappa shape index (κ2) is 7.08. The zero-order valence-corrected chi connectivity index (χ0v) is 13.1. The van der Waals surface area contributed by atoms with E-state index in [1.165, 1.54) is 6.26 Å². The molecule has 8 heteroatoms. The van der Waals surface area contributed by atoms with Crippen molar-refractivity contribution in [1.29, 1.82) is 0 Å². The molecule has 2 aromatic rings. The van der Waals surface area contributed by atoms with Crippen LogP contribution in [0, 0.1) is 0 Å². The molecule has 1 atom stereocenters. The van der Waals surface area contributed by atoms with Crippen molar-refractivity contribution >= 4 is 5.96 Å². The van der Waals surface area contributed by atoms with Crippen LogP contribution in [-0.2, 0) is 19.2 Å². The Kier molecular flexibility index (Phi) is 5.16. The van der Waals surface area contributed by atoms with Crippen molar-refractivity contribution in [2.75, 3.05) is 13.1 Å². The summed E-state index contributed by atoms with van der Waals surface area (Å²) in [5.41, 5.74) is -1.12. The monoisotopic (exact) mass is 306 g/mol. The molecule has 0 aliphatic rings. The Morgan fingerprint density at radius 3 is 2.91 bits per heavy atom. The molecule has 0 aromatic carbocycles. The Morgan fingerprint density at radius 1 is 1.50 bits per heavy atom. The zero-order chi connectivity index (χ0) is 16.0. The van der Waals surface area contributed by atoms with E-state index in [4.69, 9.17) is 4.42 Å². The summed E-state index contributed by atoms with van der Waals surface area (Å²) in [5.74, 6) is 1.86. The van der Waals surface area contributed by atoms with E-state index in [-0.39, 0.29) is 6.54 Å². The van der Waals surface area contributed by atoms with Crippen molar-refractivity contribution in [3.05, 3.63) is 36.3 Å². The number of hydrogen-bond acceptors (Lipinski definition) is 5. The summed E-state index contributed by atoms with van der Waals surface area (Å²) >= 11 is 0. The molecule has 8 nitrogen and oxygen atoms in total. The van der Waals surface area contributed by atoms with Crippen LogP contribution in [0.1, 0.15) is 25.4 Å². The van der Waals surface area contributed by atoms with Crippen LogP contribution < -0.4 is 10.6 Å². The average Bonchev–Trinajstić information content (AvgIpc) is 3.14. The molecule has 1 unspecified atom stereocenters. The third-order valence-electron chi connectivity index (χ3n) is 3.18. The maximum absolute atomic E-state index is 10.4. The number of nitrogens with zero attached hydrogens (tertiary/aromatic N) is 4. The van der Waals surface area contributed by atoms with Crippen LogP contribution >= 0.6 is 0 Å². The highest BCUT2D eigenvalue weighted by Gasteiger charge is 2.26. The number of aliphatic hydroxyl groups is 1. The predicted molar refractivity (Wildman–Crippen MR) is 82.1 cm³/mol. The highest BCUT2D eigenvalue weighted by atomic mass is 16.4. The lowest BCUT2D eigenvalue weighted by Gasteiger charge is -2.22. The quantitative estimate of drug-likeness (QED) is 0.527. The molecule has 0 aliphatic heterocycles. The third-order valence-corrected chi connectivity index (χ3v) is 3.18. The van der Waals surface area contributed by atoms with Crippen molar-refractivity contribution in [2.45, 2.75) is 26.0 Å². The normalized spacial score (nSPS) is 14.6. The topological polar surface area (TPSA) is 100 Å². The van der Waals surface area contributed by atoms with Crippen molar-refractivity contribution in [1.82, 2.24) is 25.4 Å². The van der Waals surface area contributed by atoms with E-state index in [1.54, 1.807) is 25.4 Å². The molecule has 22 heavy (non-hydrogen) atoms. The van der Waals surface area contributed by atoms with Crippen molar-refractivity contribution < 1.29 is 9.52 Å². The number of guanidine groups is 1. The van der Waals surface area contributed by atoms with Crippen LogP contribution in [0.5, 0.6) is 0 Å². The van der Waals surface area contributed by atoms with E-state index in [0.29, 0.717) is 24.8 Å². The van der Waals surface area contributed by atoms with Gasteiger partial charge in [0, 0.05) is 13.6 Å². The second-order valence-electron chi connectivity index (χ2n) is 5.16. The molecule has 120 valence electrons. The summed E-state index contributed by atoms with van der Waals surface area (Å²) in [6, 6.07) is 3.49. The van der Waals surface area contributed by atoms with Gasteiger partial charge in [0.25, 0.3) is 0 Å². The smallest absolute Gasteiger partial charge is 0.191 e. The molecule has 3 N–H and O–H groups in total. The van der Waals surface area contributed by atoms with Gasteiger partial charge in [0.05, 0.1) is 12.8 Å². The SMILES string of the molecule is CCNC(=NCc1nncn1C)NCC(C)(O)c1ccco1. The first-order valence-electron chi connectivity index (χ1n) is 7.14. The summed E-state index contributed by atoms with van der Waals surface area (Å²) in [7, 11) is 1.87. The first-order valence-corrected chi connectivity index (χ1v) is 7.14. The molecule has 0 bridgehead atoms. The lowest BCUT2D eigenvalue weighted by molar-refractivity contribution is 0.0386. The van der Waals surface area contributed by atoms with Crippen molar-refractivity contribution in [2.24, 2.45) is 12.0 Å². The average molecular weight is 306 g/mol. The highest BCUT2D eigenvalue weighted by molar-refractivity contribution is 5.79. The van der Waals surface area contributed by atoms with Crippen LogP contribution in [0.2, 0.25) is 0 Å². The Morgan fingerprint density at radius 2 is 2.32 bits per heavy atom. The minimum atomic E-state index is -1.12. The largest absolute Gasteiger partial charge is 0.466 e. The standard InChI is InChI=1S/C14H22N6O2/c1-4-15-13(16-8-12-19-18-10-20(12)3)17-9-14(2,21)11-6-5-7-22-11/h5-7,10,21H,4,8-9H2,1-3H3,(H2,15,16,17). The molecule has 0 saturated carbocycles. The Bertz CT molecular complexity index is 603. The van der Waals surface area contributed by atoms with E-state index in [2.05, 4.69) is 25.8 Å². The highest BCUT2D eigenvalue weighted by Crippen LogP contribution is 2.19. The molecule has 0 aliphatic carbocycles. The Hall–Kier alpha value is -2.35.